The third kappa shape index (κ3) is 5.87. The zero-order valence-electron chi connectivity index (χ0n) is 21.6. The van der Waals surface area contributed by atoms with Gasteiger partial charge in [-0.1, -0.05) is 82.1 Å². The van der Waals surface area contributed by atoms with Crippen molar-refractivity contribution in [1.29, 1.82) is 0 Å². The van der Waals surface area contributed by atoms with Gasteiger partial charge in [0.2, 0.25) is 0 Å². The first-order chi connectivity index (χ1) is 17.9. The molecule has 0 radical (unpaired) electrons. The highest BCUT2D eigenvalue weighted by atomic mass is 16.4. The van der Waals surface area contributed by atoms with Crippen LogP contribution in [0.25, 0.3) is 22.5 Å². The molecule has 0 fully saturated rings. The fraction of sp³-hybridized carbons (Fsp3) is 0.393. The molecule has 0 saturated heterocycles. The Kier molecular flexibility index (Phi) is 8.32. The molecule has 0 saturated carbocycles. The highest BCUT2D eigenvalue weighted by Crippen LogP contribution is 2.30. The van der Waals surface area contributed by atoms with Crippen LogP contribution >= 0.6 is 0 Å². The summed E-state index contributed by atoms with van der Waals surface area (Å²) in [6.07, 6.45) is 4.08. The highest BCUT2D eigenvalue weighted by Gasteiger charge is 2.25. The smallest absolute Gasteiger partial charge is 0.354 e. The number of carboxylic acids is 1. The van der Waals surface area contributed by atoms with Crippen molar-refractivity contribution in [1.82, 2.24) is 29.8 Å². The summed E-state index contributed by atoms with van der Waals surface area (Å²) >= 11 is 0. The Morgan fingerprint density at radius 2 is 1.76 bits per heavy atom. The molecule has 4 aromatic rings. The number of rotatable bonds is 12. The lowest BCUT2D eigenvalue weighted by atomic mass is 9.98. The van der Waals surface area contributed by atoms with E-state index in [9.17, 15) is 14.7 Å². The van der Waals surface area contributed by atoms with E-state index in [0.29, 0.717) is 36.9 Å². The van der Waals surface area contributed by atoms with Crippen LogP contribution in [0.2, 0.25) is 0 Å². The monoisotopic (exact) mass is 502 g/mol. The molecule has 37 heavy (non-hydrogen) atoms. The van der Waals surface area contributed by atoms with Gasteiger partial charge in [0.15, 0.2) is 11.5 Å². The van der Waals surface area contributed by atoms with Gasteiger partial charge in [-0.15, -0.1) is 5.10 Å². The number of aromatic nitrogens is 6. The first-order valence-electron chi connectivity index (χ1n) is 12.9. The Morgan fingerprint density at radius 1 is 1.03 bits per heavy atom. The van der Waals surface area contributed by atoms with Crippen molar-refractivity contribution in [3.8, 4) is 22.5 Å². The maximum Gasteiger partial charge on any atom is 0.354 e. The van der Waals surface area contributed by atoms with Gasteiger partial charge in [-0.3, -0.25) is 9.13 Å². The minimum atomic E-state index is -1.04. The number of H-pyrrole nitrogens is 1. The molecule has 0 atom stereocenters. The van der Waals surface area contributed by atoms with Crippen LogP contribution in [0.5, 0.6) is 0 Å². The predicted octanol–water partition coefficient (Wildman–Crippen LogP) is 5.02. The molecule has 0 aliphatic rings. The topological polar surface area (TPSA) is 119 Å². The molecule has 0 amide bonds. The van der Waals surface area contributed by atoms with Crippen molar-refractivity contribution in [3.05, 3.63) is 76.0 Å². The molecule has 0 aliphatic heterocycles. The molecule has 0 aliphatic carbocycles. The van der Waals surface area contributed by atoms with Gasteiger partial charge in [-0.05, 0) is 52.3 Å². The van der Waals surface area contributed by atoms with Gasteiger partial charge in [0, 0.05) is 12.1 Å². The molecule has 9 heteroatoms. The van der Waals surface area contributed by atoms with Gasteiger partial charge < -0.3 is 5.11 Å². The number of carboxylic acid groups (broad SMARTS) is 1. The highest BCUT2D eigenvalue weighted by molar-refractivity contribution is 5.87. The summed E-state index contributed by atoms with van der Waals surface area (Å²) in [7, 11) is 0. The number of tetrazole rings is 1. The molecule has 2 aromatic heterocycles. The average molecular weight is 503 g/mol. The Labute approximate surface area is 216 Å². The standard InChI is InChI=1S/C28H34N6O3/c1-4-5-8-17-33-25(27(35)36)24(16-11-19(2)3)34(28(33)37)18-20-12-14-21(15-13-20)22-9-6-7-10-23(22)26-29-31-32-30-26/h6-7,9-10,12-15,19H,4-5,8,11,16-18H2,1-3H3,(H,35,36)(H,29,30,31,32). The van der Waals surface area contributed by atoms with Gasteiger partial charge in [-0.2, -0.15) is 0 Å². The molecular weight excluding hydrogens is 468 g/mol. The second-order valence-electron chi connectivity index (χ2n) is 9.75. The summed E-state index contributed by atoms with van der Waals surface area (Å²) in [6, 6.07) is 15.9. The number of hydrogen-bond acceptors (Lipinski definition) is 5. The van der Waals surface area contributed by atoms with Gasteiger partial charge in [0.1, 0.15) is 0 Å². The fourth-order valence-corrected chi connectivity index (χ4v) is 4.64. The van der Waals surface area contributed by atoms with E-state index in [1.54, 1.807) is 4.57 Å². The van der Waals surface area contributed by atoms with E-state index in [1.807, 2.05) is 48.5 Å². The Balaban J connectivity index is 1.68. The lowest BCUT2D eigenvalue weighted by Gasteiger charge is -2.11. The molecule has 0 unspecified atom stereocenters. The molecule has 4 rings (SSSR count). The SMILES string of the molecule is CCCCCn1c(C(=O)O)c(CCC(C)C)n(Cc2ccc(-c3ccccc3-c3nnn[nH]3)cc2)c1=O. The maximum absolute atomic E-state index is 13.5. The Morgan fingerprint density at radius 3 is 2.38 bits per heavy atom. The third-order valence-corrected chi connectivity index (χ3v) is 6.61. The van der Waals surface area contributed by atoms with Gasteiger partial charge in [-0.25, -0.2) is 14.7 Å². The van der Waals surface area contributed by atoms with Gasteiger partial charge in [0.25, 0.3) is 0 Å². The van der Waals surface area contributed by atoms with Crippen LogP contribution in [0, 0.1) is 5.92 Å². The van der Waals surface area contributed by atoms with Crippen LogP contribution in [-0.4, -0.2) is 40.8 Å². The first-order valence-corrected chi connectivity index (χ1v) is 12.9. The van der Waals surface area contributed by atoms with Crippen LogP contribution in [0.15, 0.2) is 53.3 Å². The Bertz CT molecular complexity index is 1380. The van der Waals surface area contributed by atoms with E-state index >= 15 is 0 Å². The number of imidazole rings is 1. The van der Waals surface area contributed by atoms with Crippen molar-refractivity contribution < 1.29 is 9.90 Å². The minimum Gasteiger partial charge on any atom is -0.477 e. The van der Waals surface area contributed by atoms with Gasteiger partial charge in [0.05, 0.1) is 12.2 Å². The van der Waals surface area contributed by atoms with Crippen LogP contribution in [0.4, 0.5) is 0 Å². The number of aromatic amines is 1. The van der Waals surface area contributed by atoms with E-state index < -0.39 is 5.97 Å². The predicted molar refractivity (Wildman–Crippen MR) is 142 cm³/mol. The number of unbranched alkanes of at least 4 members (excludes halogenated alkanes) is 2. The number of nitrogens with zero attached hydrogens (tertiary/aromatic N) is 5. The van der Waals surface area contributed by atoms with Crippen molar-refractivity contribution in [2.45, 2.75) is 66.0 Å². The quantitative estimate of drug-likeness (QED) is 0.263. The molecule has 0 bridgehead atoms. The van der Waals surface area contributed by atoms with E-state index in [2.05, 4.69) is 41.4 Å². The number of nitrogens with one attached hydrogen (secondary N) is 1. The second kappa shape index (κ2) is 11.8. The van der Waals surface area contributed by atoms with Crippen molar-refractivity contribution in [3.63, 3.8) is 0 Å². The summed E-state index contributed by atoms with van der Waals surface area (Å²) in [5, 5.41) is 24.3. The normalized spacial score (nSPS) is 11.4. The molecule has 0 spiro atoms. The molecular formula is C28H34N6O3. The van der Waals surface area contributed by atoms with Gasteiger partial charge >= 0.3 is 11.7 Å². The lowest BCUT2D eigenvalue weighted by molar-refractivity contribution is 0.0682. The van der Waals surface area contributed by atoms with Crippen LogP contribution < -0.4 is 5.69 Å². The zero-order valence-corrected chi connectivity index (χ0v) is 21.6. The maximum atomic E-state index is 13.5. The summed E-state index contributed by atoms with van der Waals surface area (Å²) in [5.74, 6) is -0.0563. The molecule has 9 nitrogen and oxygen atoms in total. The average Bonchev–Trinajstić information content (AvgIpc) is 3.51. The summed E-state index contributed by atoms with van der Waals surface area (Å²) < 4.78 is 3.12. The largest absolute Gasteiger partial charge is 0.477 e. The van der Waals surface area contributed by atoms with Crippen molar-refractivity contribution >= 4 is 5.97 Å². The summed E-state index contributed by atoms with van der Waals surface area (Å²) in [6.45, 7) is 7.03. The number of aromatic carboxylic acids is 1. The van der Waals surface area contributed by atoms with Crippen molar-refractivity contribution in [2.24, 2.45) is 5.92 Å². The summed E-state index contributed by atoms with van der Waals surface area (Å²) in [5.41, 5.74) is 4.28. The van der Waals surface area contributed by atoms with Crippen LogP contribution in [-0.2, 0) is 19.5 Å². The molecule has 2 aromatic carbocycles. The summed E-state index contributed by atoms with van der Waals surface area (Å²) in [4.78, 5) is 25.7. The molecule has 2 heterocycles. The third-order valence-electron chi connectivity index (χ3n) is 6.61. The number of hydrogen-bond donors (Lipinski definition) is 2. The fourth-order valence-electron chi connectivity index (χ4n) is 4.64. The lowest BCUT2D eigenvalue weighted by Crippen LogP contribution is -2.26. The first kappa shape index (κ1) is 26.1. The van der Waals surface area contributed by atoms with Crippen LogP contribution in [0.1, 0.15) is 68.2 Å². The van der Waals surface area contributed by atoms with E-state index in [0.717, 1.165) is 47.9 Å². The zero-order chi connectivity index (χ0) is 26.4. The van der Waals surface area contributed by atoms with E-state index in [1.165, 1.54) is 4.57 Å². The number of benzene rings is 2. The molecule has 2 N–H and O–H groups in total. The minimum absolute atomic E-state index is 0.132. The van der Waals surface area contributed by atoms with Crippen LogP contribution in [0.3, 0.4) is 0 Å². The Hall–Kier alpha value is -4.01. The van der Waals surface area contributed by atoms with E-state index in [4.69, 9.17) is 0 Å². The van der Waals surface area contributed by atoms with E-state index in [-0.39, 0.29) is 11.4 Å². The number of carbonyl (C=O) groups is 1. The molecule has 194 valence electrons. The second-order valence-corrected chi connectivity index (χ2v) is 9.75. The van der Waals surface area contributed by atoms with Crippen molar-refractivity contribution in [2.75, 3.05) is 0 Å².